The summed E-state index contributed by atoms with van der Waals surface area (Å²) in [5.41, 5.74) is 0. The highest BCUT2D eigenvalue weighted by Crippen LogP contribution is 2.47. The van der Waals surface area contributed by atoms with Crippen molar-refractivity contribution in [1.29, 1.82) is 0 Å². The molecule has 5 heteroatoms. The summed E-state index contributed by atoms with van der Waals surface area (Å²) in [6.07, 6.45) is 5.89. The van der Waals surface area contributed by atoms with Crippen molar-refractivity contribution in [2.75, 3.05) is 13.1 Å². The quantitative estimate of drug-likeness (QED) is 0.728. The van der Waals surface area contributed by atoms with E-state index in [1.165, 1.54) is 19.3 Å². The molecular weight excluding hydrogens is 304 g/mol. The van der Waals surface area contributed by atoms with Crippen LogP contribution in [0.3, 0.4) is 0 Å². The summed E-state index contributed by atoms with van der Waals surface area (Å²) in [4.78, 5) is 13.2. The van der Waals surface area contributed by atoms with Gasteiger partial charge in [-0.15, -0.1) is 0 Å². The molecule has 1 heterocycles. The van der Waals surface area contributed by atoms with E-state index in [9.17, 15) is 4.79 Å². The molecule has 132 valence electrons. The third-order valence-corrected chi connectivity index (χ3v) is 5.88. The Balaban J connectivity index is 1.20. The van der Waals surface area contributed by atoms with Gasteiger partial charge >= 0.3 is 5.97 Å². The summed E-state index contributed by atoms with van der Waals surface area (Å²) in [5, 5.41) is 12.7. The second-order valence-electron chi connectivity index (χ2n) is 8.09. The molecule has 3 aliphatic rings. The van der Waals surface area contributed by atoms with Gasteiger partial charge < -0.3 is 14.8 Å². The number of carboxylic acids is 1. The fraction of sp³-hybridized carbons (Fsp3) is 0.737. The fourth-order valence-corrected chi connectivity index (χ4v) is 3.85. The van der Waals surface area contributed by atoms with Crippen molar-refractivity contribution >= 4 is 5.97 Å². The monoisotopic (exact) mass is 332 g/mol. The number of carboxylic acid groups (broad SMARTS) is 1. The zero-order chi connectivity index (χ0) is 16.7. The molecule has 3 fully saturated rings. The van der Waals surface area contributed by atoms with E-state index in [4.69, 9.17) is 9.52 Å². The zero-order valence-corrected chi connectivity index (χ0v) is 14.4. The molecule has 0 spiro atoms. The molecule has 0 bridgehead atoms. The Kier molecular flexibility index (Phi) is 4.39. The standard InChI is InChI=1S/C19H28N2O3/c1-12-6-17(12)18-5-4-16(24-18)9-20-14-7-15(8-14)21(11-19(22)23)10-13-2-3-13/h4-5,12-15,17,20H,2-3,6-11H2,1H3,(H,22,23). The number of rotatable bonds is 9. The molecule has 0 amide bonds. The summed E-state index contributed by atoms with van der Waals surface area (Å²) in [7, 11) is 0. The lowest BCUT2D eigenvalue weighted by Crippen LogP contribution is -2.54. The predicted octanol–water partition coefficient (Wildman–Crippen LogP) is 2.82. The molecule has 3 aliphatic carbocycles. The van der Waals surface area contributed by atoms with Crippen LogP contribution in [0.25, 0.3) is 0 Å². The molecule has 2 unspecified atom stereocenters. The van der Waals surface area contributed by atoms with Gasteiger partial charge in [-0.25, -0.2) is 0 Å². The lowest BCUT2D eigenvalue weighted by atomic mass is 9.85. The molecule has 5 nitrogen and oxygen atoms in total. The molecular formula is C19H28N2O3. The summed E-state index contributed by atoms with van der Waals surface area (Å²) in [6, 6.07) is 5.13. The SMILES string of the molecule is CC1CC1c1ccc(CNC2CC(N(CC(=O)O)CC3CC3)C2)o1. The van der Waals surface area contributed by atoms with Gasteiger partial charge in [-0.2, -0.15) is 0 Å². The van der Waals surface area contributed by atoms with Crippen molar-refractivity contribution in [3.8, 4) is 0 Å². The first-order chi connectivity index (χ1) is 11.6. The Labute approximate surface area is 143 Å². The number of nitrogens with one attached hydrogen (secondary N) is 1. The minimum atomic E-state index is -0.704. The van der Waals surface area contributed by atoms with Crippen molar-refractivity contribution in [2.24, 2.45) is 11.8 Å². The Hall–Kier alpha value is -1.33. The molecule has 2 atom stereocenters. The van der Waals surface area contributed by atoms with E-state index in [0.29, 0.717) is 18.0 Å². The van der Waals surface area contributed by atoms with Gasteiger partial charge in [0.25, 0.3) is 0 Å². The molecule has 2 N–H and O–H groups in total. The van der Waals surface area contributed by atoms with Crippen molar-refractivity contribution in [3.63, 3.8) is 0 Å². The third kappa shape index (κ3) is 3.83. The van der Waals surface area contributed by atoms with Crippen LogP contribution in [-0.2, 0) is 11.3 Å². The van der Waals surface area contributed by atoms with Crippen LogP contribution in [0.5, 0.6) is 0 Å². The van der Waals surface area contributed by atoms with Crippen LogP contribution in [0.4, 0.5) is 0 Å². The van der Waals surface area contributed by atoms with E-state index in [-0.39, 0.29) is 6.54 Å². The lowest BCUT2D eigenvalue weighted by Gasteiger charge is -2.42. The Morgan fingerprint density at radius 2 is 2.08 bits per heavy atom. The van der Waals surface area contributed by atoms with Gasteiger partial charge in [-0.05, 0) is 56.1 Å². The lowest BCUT2D eigenvalue weighted by molar-refractivity contribution is -0.139. The second kappa shape index (κ2) is 6.52. The van der Waals surface area contributed by atoms with Gasteiger partial charge in [0.05, 0.1) is 13.1 Å². The van der Waals surface area contributed by atoms with E-state index in [1.54, 1.807) is 0 Å². The average Bonchev–Trinajstić information content (AvgIpc) is 3.38. The maximum Gasteiger partial charge on any atom is 0.317 e. The predicted molar refractivity (Wildman–Crippen MR) is 90.8 cm³/mol. The smallest absolute Gasteiger partial charge is 0.317 e. The number of carbonyl (C=O) groups is 1. The van der Waals surface area contributed by atoms with Crippen molar-refractivity contribution in [2.45, 2.75) is 63.6 Å². The van der Waals surface area contributed by atoms with Gasteiger partial charge in [-0.3, -0.25) is 9.69 Å². The van der Waals surface area contributed by atoms with E-state index in [2.05, 4.69) is 29.3 Å². The van der Waals surface area contributed by atoms with Crippen molar-refractivity contribution in [1.82, 2.24) is 10.2 Å². The molecule has 4 rings (SSSR count). The van der Waals surface area contributed by atoms with E-state index in [1.807, 2.05) is 0 Å². The molecule has 0 aliphatic heterocycles. The largest absolute Gasteiger partial charge is 0.480 e. The minimum absolute atomic E-state index is 0.189. The van der Waals surface area contributed by atoms with Crippen LogP contribution < -0.4 is 5.32 Å². The Morgan fingerprint density at radius 1 is 1.33 bits per heavy atom. The van der Waals surface area contributed by atoms with Crippen molar-refractivity contribution < 1.29 is 14.3 Å². The first kappa shape index (κ1) is 16.2. The van der Waals surface area contributed by atoms with Gasteiger partial charge in [0, 0.05) is 24.5 Å². The highest BCUT2D eigenvalue weighted by Gasteiger charge is 2.38. The number of aliphatic carboxylic acids is 1. The first-order valence-electron chi connectivity index (χ1n) is 9.36. The van der Waals surface area contributed by atoms with Gasteiger partial charge in [0.2, 0.25) is 0 Å². The minimum Gasteiger partial charge on any atom is -0.480 e. The van der Waals surface area contributed by atoms with Crippen LogP contribution in [0.2, 0.25) is 0 Å². The fourth-order valence-electron chi connectivity index (χ4n) is 3.85. The second-order valence-corrected chi connectivity index (χ2v) is 8.09. The highest BCUT2D eigenvalue weighted by atomic mass is 16.4. The van der Waals surface area contributed by atoms with Gasteiger partial charge in [0.15, 0.2) is 0 Å². The summed E-state index contributed by atoms with van der Waals surface area (Å²) in [6.45, 7) is 4.20. The number of hydrogen-bond donors (Lipinski definition) is 2. The molecule has 0 radical (unpaired) electrons. The highest BCUT2D eigenvalue weighted by molar-refractivity contribution is 5.69. The van der Waals surface area contributed by atoms with Crippen molar-refractivity contribution in [3.05, 3.63) is 23.7 Å². The third-order valence-electron chi connectivity index (χ3n) is 5.88. The van der Waals surface area contributed by atoms with Gasteiger partial charge in [-0.1, -0.05) is 6.92 Å². The average molecular weight is 332 g/mol. The summed E-state index contributed by atoms with van der Waals surface area (Å²) >= 11 is 0. The van der Waals surface area contributed by atoms with E-state index >= 15 is 0 Å². The van der Waals surface area contributed by atoms with E-state index in [0.717, 1.165) is 49.3 Å². The summed E-state index contributed by atoms with van der Waals surface area (Å²) < 4.78 is 5.93. The number of hydrogen-bond acceptors (Lipinski definition) is 4. The molecule has 1 aromatic rings. The number of nitrogens with zero attached hydrogens (tertiary/aromatic N) is 1. The maximum atomic E-state index is 11.1. The molecule has 1 aromatic heterocycles. The first-order valence-corrected chi connectivity index (χ1v) is 9.36. The van der Waals surface area contributed by atoms with E-state index < -0.39 is 5.97 Å². The zero-order valence-electron chi connectivity index (χ0n) is 14.4. The van der Waals surface area contributed by atoms with Crippen LogP contribution in [-0.4, -0.2) is 41.1 Å². The van der Waals surface area contributed by atoms with Crippen LogP contribution in [0.1, 0.15) is 56.5 Å². The summed E-state index contributed by atoms with van der Waals surface area (Å²) in [5.74, 6) is 3.61. The van der Waals surface area contributed by atoms with Crippen LogP contribution in [0, 0.1) is 11.8 Å². The normalized spacial score (nSPS) is 31.9. The molecule has 0 saturated heterocycles. The topological polar surface area (TPSA) is 65.7 Å². The number of furan rings is 1. The molecule has 24 heavy (non-hydrogen) atoms. The van der Waals surface area contributed by atoms with Crippen LogP contribution in [0.15, 0.2) is 16.5 Å². The molecule has 3 saturated carbocycles. The maximum absolute atomic E-state index is 11.1. The molecule has 0 aromatic carbocycles. The Bertz CT molecular complexity index is 589. The van der Waals surface area contributed by atoms with Crippen LogP contribution >= 0.6 is 0 Å². The Morgan fingerprint density at radius 3 is 2.71 bits per heavy atom. The van der Waals surface area contributed by atoms with Gasteiger partial charge in [0.1, 0.15) is 11.5 Å².